The fraction of sp³-hybridized carbons (Fsp3) is 0.333. The summed E-state index contributed by atoms with van der Waals surface area (Å²) in [7, 11) is 0. The number of carbonyl (C=O) groups is 1. The number of hydrogen-bond donors (Lipinski definition) is 2. The Morgan fingerprint density at radius 2 is 2.00 bits per heavy atom. The highest BCUT2D eigenvalue weighted by atomic mass is 16.1. The number of hydrogen-bond acceptors (Lipinski definition) is 5. The van der Waals surface area contributed by atoms with Crippen LogP contribution >= 0.6 is 0 Å². The van der Waals surface area contributed by atoms with Crippen LogP contribution in [0.15, 0.2) is 36.8 Å². The van der Waals surface area contributed by atoms with Crippen molar-refractivity contribution in [1.29, 1.82) is 0 Å². The smallest absolute Gasteiger partial charge is 0.270 e. The van der Waals surface area contributed by atoms with Gasteiger partial charge >= 0.3 is 0 Å². The van der Waals surface area contributed by atoms with Crippen LogP contribution in [0, 0.1) is 0 Å². The summed E-state index contributed by atoms with van der Waals surface area (Å²) in [6, 6.07) is 7.20. The van der Waals surface area contributed by atoms with Crippen molar-refractivity contribution >= 4 is 11.7 Å². The topological polar surface area (TPSA) is 79.8 Å². The molecular weight excluding hydrogens is 266 g/mol. The van der Waals surface area contributed by atoms with Crippen LogP contribution in [0.5, 0.6) is 0 Å². The molecule has 0 saturated carbocycles. The fourth-order valence-electron chi connectivity index (χ4n) is 1.70. The first-order valence-corrected chi connectivity index (χ1v) is 6.72. The van der Waals surface area contributed by atoms with Gasteiger partial charge < -0.3 is 10.6 Å². The molecule has 0 unspecified atom stereocenters. The second-order valence-corrected chi connectivity index (χ2v) is 5.67. The van der Waals surface area contributed by atoms with Gasteiger partial charge in [-0.15, -0.1) is 0 Å². The number of rotatable bonds is 4. The third kappa shape index (κ3) is 4.83. The summed E-state index contributed by atoms with van der Waals surface area (Å²) < 4.78 is 0. The molecule has 0 aromatic carbocycles. The maximum atomic E-state index is 12.1. The van der Waals surface area contributed by atoms with Gasteiger partial charge in [0.1, 0.15) is 17.8 Å². The van der Waals surface area contributed by atoms with Crippen LogP contribution < -0.4 is 10.6 Å². The van der Waals surface area contributed by atoms with E-state index in [-0.39, 0.29) is 11.4 Å². The van der Waals surface area contributed by atoms with Gasteiger partial charge in [-0.1, -0.05) is 6.07 Å². The van der Waals surface area contributed by atoms with Gasteiger partial charge in [-0.25, -0.2) is 9.97 Å². The molecule has 2 heterocycles. The van der Waals surface area contributed by atoms with E-state index in [1.807, 2.05) is 39.0 Å². The minimum absolute atomic E-state index is 0.129. The zero-order valence-electron chi connectivity index (χ0n) is 12.4. The minimum atomic E-state index is -0.250. The van der Waals surface area contributed by atoms with Crippen LogP contribution in [0.1, 0.15) is 37.0 Å². The highest BCUT2D eigenvalue weighted by Crippen LogP contribution is 2.11. The van der Waals surface area contributed by atoms with E-state index < -0.39 is 0 Å². The van der Waals surface area contributed by atoms with Crippen molar-refractivity contribution in [2.24, 2.45) is 0 Å². The lowest BCUT2D eigenvalue weighted by atomic mass is 10.1. The standard InChI is InChI=1S/C15H19N5O/c1-15(2,3)20-13-8-12(18-10-19-13)14(21)17-9-11-6-4-5-7-16-11/h4-8,10H,9H2,1-3H3,(H,17,21)(H,18,19,20). The summed E-state index contributed by atoms with van der Waals surface area (Å²) in [5.74, 6) is 0.375. The van der Waals surface area contributed by atoms with E-state index >= 15 is 0 Å². The molecule has 2 aromatic rings. The van der Waals surface area contributed by atoms with Crippen LogP contribution in [-0.2, 0) is 6.54 Å². The van der Waals surface area contributed by atoms with Gasteiger partial charge in [-0.3, -0.25) is 9.78 Å². The van der Waals surface area contributed by atoms with Crippen molar-refractivity contribution in [2.45, 2.75) is 32.9 Å². The Labute approximate surface area is 124 Å². The Kier molecular flexibility index (Phi) is 4.47. The summed E-state index contributed by atoms with van der Waals surface area (Å²) in [6.07, 6.45) is 3.07. The lowest BCUT2D eigenvalue weighted by molar-refractivity contribution is 0.0945. The number of anilines is 1. The number of amides is 1. The molecular formula is C15H19N5O. The number of aromatic nitrogens is 3. The third-order valence-electron chi connectivity index (χ3n) is 2.56. The van der Waals surface area contributed by atoms with Gasteiger partial charge in [0.2, 0.25) is 0 Å². The first-order chi connectivity index (χ1) is 9.94. The Morgan fingerprint density at radius 3 is 2.67 bits per heavy atom. The van der Waals surface area contributed by atoms with Crippen LogP contribution in [0.25, 0.3) is 0 Å². The van der Waals surface area contributed by atoms with Crippen LogP contribution in [0.2, 0.25) is 0 Å². The predicted octanol–water partition coefficient (Wildman–Crippen LogP) is 2.01. The zero-order chi connectivity index (χ0) is 15.3. The Bertz CT molecular complexity index is 607. The van der Waals surface area contributed by atoms with Gasteiger partial charge in [0.15, 0.2) is 0 Å². The molecule has 0 bridgehead atoms. The SMILES string of the molecule is CC(C)(C)Nc1cc(C(=O)NCc2ccccn2)ncn1. The molecule has 6 nitrogen and oxygen atoms in total. The molecule has 21 heavy (non-hydrogen) atoms. The molecule has 6 heteroatoms. The Hall–Kier alpha value is -2.50. The summed E-state index contributed by atoms with van der Waals surface area (Å²) in [5, 5.41) is 5.99. The van der Waals surface area contributed by atoms with Crippen molar-refractivity contribution in [3.63, 3.8) is 0 Å². The maximum absolute atomic E-state index is 12.1. The summed E-state index contributed by atoms with van der Waals surface area (Å²) in [4.78, 5) is 24.3. The molecule has 0 atom stereocenters. The average molecular weight is 285 g/mol. The molecule has 0 spiro atoms. The van der Waals surface area contributed by atoms with Gasteiger partial charge in [-0.05, 0) is 32.9 Å². The highest BCUT2D eigenvalue weighted by molar-refractivity contribution is 5.92. The number of carbonyl (C=O) groups excluding carboxylic acids is 1. The molecule has 2 N–H and O–H groups in total. The first kappa shape index (κ1) is 14.9. The predicted molar refractivity (Wildman–Crippen MR) is 80.8 cm³/mol. The molecule has 2 rings (SSSR count). The highest BCUT2D eigenvalue weighted by Gasteiger charge is 2.13. The molecule has 0 aliphatic heterocycles. The largest absolute Gasteiger partial charge is 0.365 e. The molecule has 0 aliphatic rings. The van der Waals surface area contributed by atoms with E-state index in [0.29, 0.717) is 18.1 Å². The molecule has 1 amide bonds. The van der Waals surface area contributed by atoms with E-state index in [2.05, 4.69) is 25.6 Å². The Morgan fingerprint density at radius 1 is 1.19 bits per heavy atom. The normalized spacial score (nSPS) is 11.0. The van der Waals surface area contributed by atoms with Crippen molar-refractivity contribution < 1.29 is 4.79 Å². The quantitative estimate of drug-likeness (QED) is 0.898. The van der Waals surface area contributed by atoms with Crippen LogP contribution in [0.4, 0.5) is 5.82 Å². The minimum Gasteiger partial charge on any atom is -0.365 e. The van der Waals surface area contributed by atoms with E-state index in [1.165, 1.54) is 6.33 Å². The Balaban J connectivity index is 2.01. The second kappa shape index (κ2) is 6.30. The average Bonchev–Trinajstić information content (AvgIpc) is 2.44. The lowest BCUT2D eigenvalue weighted by Gasteiger charge is -2.21. The van der Waals surface area contributed by atoms with Crippen molar-refractivity contribution in [2.75, 3.05) is 5.32 Å². The van der Waals surface area contributed by atoms with E-state index in [4.69, 9.17) is 0 Å². The molecule has 0 saturated heterocycles. The molecule has 2 aromatic heterocycles. The van der Waals surface area contributed by atoms with Gasteiger partial charge in [0.25, 0.3) is 5.91 Å². The van der Waals surface area contributed by atoms with Crippen LogP contribution in [-0.4, -0.2) is 26.4 Å². The van der Waals surface area contributed by atoms with Crippen LogP contribution in [0.3, 0.4) is 0 Å². The maximum Gasteiger partial charge on any atom is 0.270 e. The summed E-state index contributed by atoms with van der Waals surface area (Å²) in [6.45, 7) is 6.44. The zero-order valence-corrected chi connectivity index (χ0v) is 12.4. The molecule has 0 aliphatic carbocycles. The number of pyridine rings is 1. The number of nitrogens with one attached hydrogen (secondary N) is 2. The lowest BCUT2D eigenvalue weighted by Crippen LogP contribution is -2.28. The van der Waals surface area contributed by atoms with Crippen molar-refractivity contribution in [1.82, 2.24) is 20.3 Å². The molecule has 110 valence electrons. The van der Waals surface area contributed by atoms with Gasteiger partial charge in [0.05, 0.1) is 12.2 Å². The van der Waals surface area contributed by atoms with E-state index in [9.17, 15) is 4.79 Å². The summed E-state index contributed by atoms with van der Waals surface area (Å²) in [5.41, 5.74) is 0.997. The van der Waals surface area contributed by atoms with Crippen molar-refractivity contribution in [3.8, 4) is 0 Å². The monoisotopic (exact) mass is 285 g/mol. The third-order valence-corrected chi connectivity index (χ3v) is 2.56. The molecule has 0 fully saturated rings. The van der Waals surface area contributed by atoms with Crippen molar-refractivity contribution in [3.05, 3.63) is 48.2 Å². The number of nitrogens with zero attached hydrogens (tertiary/aromatic N) is 3. The second-order valence-electron chi connectivity index (χ2n) is 5.67. The molecule has 0 radical (unpaired) electrons. The van der Waals surface area contributed by atoms with E-state index in [0.717, 1.165) is 5.69 Å². The van der Waals surface area contributed by atoms with Gasteiger partial charge in [-0.2, -0.15) is 0 Å². The summed E-state index contributed by atoms with van der Waals surface area (Å²) >= 11 is 0. The van der Waals surface area contributed by atoms with E-state index in [1.54, 1.807) is 12.3 Å². The first-order valence-electron chi connectivity index (χ1n) is 6.72. The van der Waals surface area contributed by atoms with Gasteiger partial charge in [0, 0.05) is 17.8 Å². The fourth-order valence-corrected chi connectivity index (χ4v) is 1.70.